The molecule has 0 aliphatic carbocycles. The van der Waals surface area contributed by atoms with Crippen LogP contribution in [0.15, 0.2) is 72.9 Å². The Bertz CT molecular complexity index is 1110. The lowest BCUT2D eigenvalue weighted by Gasteiger charge is -2.21. The number of para-hydroxylation sites is 1. The zero-order valence-electron chi connectivity index (χ0n) is 17.3. The van der Waals surface area contributed by atoms with Crippen molar-refractivity contribution >= 4 is 16.6 Å². The maximum absolute atomic E-state index is 5.58. The first-order valence-corrected chi connectivity index (χ1v) is 9.67. The number of benzene rings is 3. The molecule has 148 valence electrons. The number of hydrogen-bond donors (Lipinski definition) is 1. The molecule has 0 saturated carbocycles. The largest absolute Gasteiger partial charge is 0.493 e. The number of anilines is 1. The van der Waals surface area contributed by atoms with Gasteiger partial charge in [0, 0.05) is 42.8 Å². The van der Waals surface area contributed by atoms with E-state index in [2.05, 4.69) is 90.8 Å². The zero-order valence-corrected chi connectivity index (χ0v) is 17.3. The molecule has 29 heavy (non-hydrogen) atoms. The van der Waals surface area contributed by atoms with E-state index in [1.165, 1.54) is 22.2 Å². The topological polar surface area (TPSA) is 37.5 Å². The SMILES string of the molecule is COc1ccc(C(c2ccc(N(C)C)cc2)c2c[nH]c3ccccc23)cc1OC. The summed E-state index contributed by atoms with van der Waals surface area (Å²) < 4.78 is 11.0. The number of aromatic nitrogens is 1. The van der Waals surface area contributed by atoms with Crippen LogP contribution in [-0.4, -0.2) is 33.3 Å². The molecule has 0 saturated heterocycles. The molecule has 1 aromatic heterocycles. The number of fused-ring (bicyclic) bond motifs is 1. The van der Waals surface area contributed by atoms with E-state index in [1.807, 2.05) is 6.07 Å². The van der Waals surface area contributed by atoms with Gasteiger partial charge in [-0.05, 0) is 47.0 Å². The molecule has 0 aliphatic rings. The predicted octanol–water partition coefficient (Wildman–Crippen LogP) is 5.43. The van der Waals surface area contributed by atoms with Crippen LogP contribution in [-0.2, 0) is 0 Å². The molecule has 0 spiro atoms. The van der Waals surface area contributed by atoms with Gasteiger partial charge in [0.1, 0.15) is 0 Å². The summed E-state index contributed by atoms with van der Waals surface area (Å²) >= 11 is 0. The fourth-order valence-electron chi connectivity index (χ4n) is 3.88. The molecule has 0 radical (unpaired) electrons. The first kappa shape index (κ1) is 18.9. The fourth-order valence-corrected chi connectivity index (χ4v) is 3.88. The molecule has 4 heteroatoms. The monoisotopic (exact) mass is 386 g/mol. The van der Waals surface area contributed by atoms with Crippen LogP contribution in [0.1, 0.15) is 22.6 Å². The summed E-state index contributed by atoms with van der Waals surface area (Å²) in [6, 6.07) is 23.3. The molecule has 0 amide bonds. The lowest BCUT2D eigenvalue weighted by molar-refractivity contribution is 0.354. The second kappa shape index (κ2) is 7.92. The number of aromatic amines is 1. The van der Waals surface area contributed by atoms with Crippen molar-refractivity contribution in [2.45, 2.75) is 5.92 Å². The third-order valence-corrected chi connectivity index (χ3v) is 5.42. The third-order valence-electron chi connectivity index (χ3n) is 5.42. The number of nitrogens with zero attached hydrogens (tertiary/aromatic N) is 1. The molecule has 1 atom stereocenters. The van der Waals surface area contributed by atoms with Crippen molar-refractivity contribution in [1.29, 1.82) is 0 Å². The smallest absolute Gasteiger partial charge is 0.161 e. The highest BCUT2D eigenvalue weighted by Crippen LogP contribution is 2.40. The fraction of sp³-hybridized carbons (Fsp3) is 0.200. The van der Waals surface area contributed by atoms with E-state index < -0.39 is 0 Å². The van der Waals surface area contributed by atoms with E-state index in [0.29, 0.717) is 0 Å². The van der Waals surface area contributed by atoms with Crippen molar-refractivity contribution in [3.8, 4) is 11.5 Å². The Morgan fingerprint density at radius 2 is 1.48 bits per heavy atom. The lowest BCUT2D eigenvalue weighted by atomic mass is 9.84. The van der Waals surface area contributed by atoms with Crippen LogP contribution in [0.5, 0.6) is 11.5 Å². The molecular formula is C25H26N2O2. The average molecular weight is 386 g/mol. The molecule has 0 bridgehead atoms. The molecule has 4 rings (SSSR count). The van der Waals surface area contributed by atoms with Crippen molar-refractivity contribution in [2.24, 2.45) is 0 Å². The Kier molecular flexibility index (Phi) is 5.17. The van der Waals surface area contributed by atoms with Gasteiger partial charge in [-0.15, -0.1) is 0 Å². The number of methoxy groups -OCH3 is 2. The second-order valence-corrected chi connectivity index (χ2v) is 7.32. The quantitative estimate of drug-likeness (QED) is 0.480. The summed E-state index contributed by atoms with van der Waals surface area (Å²) in [6.07, 6.45) is 2.12. The molecule has 4 aromatic rings. The van der Waals surface area contributed by atoms with E-state index >= 15 is 0 Å². The molecule has 1 unspecified atom stereocenters. The minimum absolute atomic E-state index is 0.0715. The van der Waals surface area contributed by atoms with Gasteiger partial charge in [0.2, 0.25) is 0 Å². The van der Waals surface area contributed by atoms with Gasteiger partial charge in [0.25, 0.3) is 0 Å². The maximum atomic E-state index is 5.58. The van der Waals surface area contributed by atoms with Crippen LogP contribution in [0.25, 0.3) is 10.9 Å². The van der Waals surface area contributed by atoms with E-state index in [0.717, 1.165) is 22.6 Å². The average Bonchev–Trinajstić information content (AvgIpc) is 3.18. The minimum atomic E-state index is 0.0715. The van der Waals surface area contributed by atoms with E-state index in [1.54, 1.807) is 14.2 Å². The van der Waals surface area contributed by atoms with E-state index in [9.17, 15) is 0 Å². The van der Waals surface area contributed by atoms with Gasteiger partial charge in [-0.25, -0.2) is 0 Å². The normalized spacial score (nSPS) is 12.0. The third kappa shape index (κ3) is 3.54. The van der Waals surface area contributed by atoms with Gasteiger partial charge >= 0.3 is 0 Å². The number of rotatable bonds is 6. The summed E-state index contributed by atoms with van der Waals surface area (Å²) in [6.45, 7) is 0. The van der Waals surface area contributed by atoms with Crippen LogP contribution >= 0.6 is 0 Å². The highest BCUT2D eigenvalue weighted by Gasteiger charge is 2.22. The summed E-state index contributed by atoms with van der Waals surface area (Å²) in [5.41, 5.74) is 5.94. The van der Waals surface area contributed by atoms with Crippen LogP contribution in [0.2, 0.25) is 0 Å². The first-order chi connectivity index (χ1) is 14.1. The number of H-pyrrole nitrogens is 1. The Morgan fingerprint density at radius 1 is 0.793 bits per heavy atom. The zero-order chi connectivity index (χ0) is 20.4. The molecule has 1 N–H and O–H groups in total. The maximum Gasteiger partial charge on any atom is 0.161 e. The molecule has 1 heterocycles. The Hall–Kier alpha value is -3.40. The van der Waals surface area contributed by atoms with Crippen molar-refractivity contribution in [2.75, 3.05) is 33.2 Å². The van der Waals surface area contributed by atoms with Crippen LogP contribution in [0.3, 0.4) is 0 Å². The van der Waals surface area contributed by atoms with Crippen molar-refractivity contribution in [1.82, 2.24) is 4.98 Å². The van der Waals surface area contributed by atoms with E-state index in [-0.39, 0.29) is 5.92 Å². The van der Waals surface area contributed by atoms with Crippen LogP contribution in [0.4, 0.5) is 5.69 Å². The molecular weight excluding hydrogens is 360 g/mol. The lowest BCUT2D eigenvalue weighted by Crippen LogP contribution is -2.09. The minimum Gasteiger partial charge on any atom is -0.493 e. The van der Waals surface area contributed by atoms with E-state index in [4.69, 9.17) is 9.47 Å². The summed E-state index contributed by atoms with van der Waals surface area (Å²) in [7, 11) is 7.45. The standard InChI is InChI=1S/C25H26N2O2/c1-27(2)19-12-9-17(10-13-19)25(18-11-14-23(28-3)24(15-18)29-4)21-16-26-22-8-6-5-7-20(21)22/h5-16,25-26H,1-4H3. The van der Waals surface area contributed by atoms with Crippen molar-refractivity contribution in [3.63, 3.8) is 0 Å². The van der Waals surface area contributed by atoms with Crippen molar-refractivity contribution < 1.29 is 9.47 Å². The van der Waals surface area contributed by atoms with Gasteiger partial charge in [0.15, 0.2) is 11.5 Å². The molecule has 0 fully saturated rings. The first-order valence-electron chi connectivity index (χ1n) is 9.67. The molecule has 0 aliphatic heterocycles. The number of hydrogen-bond acceptors (Lipinski definition) is 3. The van der Waals surface area contributed by atoms with Gasteiger partial charge in [0.05, 0.1) is 14.2 Å². The highest BCUT2D eigenvalue weighted by molar-refractivity contribution is 5.85. The van der Waals surface area contributed by atoms with Gasteiger partial charge in [-0.3, -0.25) is 0 Å². The van der Waals surface area contributed by atoms with Crippen LogP contribution in [0, 0.1) is 0 Å². The number of nitrogens with one attached hydrogen (secondary N) is 1. The summed E-state index contributed by atoms with van der Waals surface area (Å²) in [5.74, 6) is 1.54. The Balaban J connectivity index is 1.90. The molecule has 3 aromatic carbocycles. The molecule has 4 nitrogen and oxygen atoms in total. The summed E-state index contributed by atoms with van der Waals surface area (Å²) in [5, 5.41) is 1.23. The van der Waals surface area contributed by atoms with Gasteiger partial charge in [-0.1, -0.05) is 36.4 Å². The Labute approximate surface area is 171 Å². The van der Waals surface area contributed by atoms with Crippen molar-refractivity contribution in [3.05, 3.63) is 89.6 Å². The summed E-state index contributed by atoms with van der Waals surface area (Å²) in [4.78, 5) is 5.54. The van der Waals surface area contributed by atoms with Gasteiger partial charge < -0.3 is 19.4 Å². The Morgan fingerprint density at radius 3 is 2.17 bits per heavy atom. The van der Waals surface area contributed by atoms with Gasteiger partial charge in [-0.2, -0.15) is 0 Å². The number of ether oxygens (including phenoxy) is 2. The predicted molar refractivity (Wildman–Crippen MR) is 120 cm³/mol. The van der Waals surface area contributed by atoms with Crippen LogP contribution < -0.4 is 14.4 Å². The second-order valence-electron chi connectivity index (χ2n) is 7.32. The highest BCUT2D eigenvalue weighted by atomic mass is 16.5.